The fourth-order valence-corrected chi connectivity index (χ4v) is 2.61. The maximum absolute atomic E-state index is 13.0. The van der Waals surface area contributed by atoms with Crippen LogP contribution in [0.5, 0.6) is 0 Å². The van der Waals surface area contributed by atoms with E-state index in [9.17, 15) is 9.18 Å². The first kappa shape index (κ1) is 12.9. The van der Waals surface area contributed by atoms with Crippen molar-refractivity contribution in [2.24, 2.45) is 0 Å². The highest BCUT2D eigenvalue weighted by Crippen LogP contribution is 2.49. The van der Waals surface area contributed by atoms with Crippen LogP contribution in [0, 0.1) is 5.82 Å². The van der Waals surface area contributed by atoms with Crippen molar-refractivity contribution in [1.82, 2.24) is 0 Å². The third-order valence-electron chi connectivity index (χ3n) is 4.00. The third-order valence-corrected chi connectivity index (χ3v) is 4.00. The summed E-state index contributed by atoms with van der Waals surface area (Å²) in [5, 5.41) is 0. The van der Waals surface area contributed by atoms with E-state index in [4.69, 9.17) is 0 Å². The molecule has 1 amide bonds. The summed E-state index contributed by atoms with van der Waals surface area (Å²) in [4.78, 5) is 14.4. The normalized spacial score (nSPS) is 15.7. The molecule has 1 saturated carbocycles. The number of nitrogens with zero attached hydrogens (tertiary/aromatic N) is 1. The molecule has 2 nitrogen and oxygen atoms in total. The predicted molar refractivity (Wildman–Crippen MR) is 77.2 cm³/mol. The molecule has 102 valence electrons. The summed E-state index contributed by atoms with van der Waals surface area (Å²) >= 11 is 0. The molecule has 3 rings (SSSR count). The van der Waals surface area contributed by atoms with Crippen LogP contribution in [-0.4, -0.2) is 13.0 Å². The van der Waals surface area contributed by atoms with Crippen molar-refractivity contribution in [2.45, 2.75) is 18.3 Å². The van der Waals surface area contributed by atoms with Crippen LogP contribution in [0.1, 0.15) is 18.4 Å². The first-order valence-electron chi connectivity index (χ1n) is 6.73. The Hall–Kier alpha value is -2.16. The van der Waals surface area contributed by atoms with Gasteiger partial charge < -0.3 is 4.90 Å². The van der Waals surface area contributed by atoms with Crippen LogP contribution in [-0.2, 0) is 10.2 Å². The Kier molecular flexibility index (Phi) is 3.05. The minimum Gasteiger partial charge on any atom is -0.315 e. The molecule has 0 radical (unpaired) electrons. The van der Waals surface area contributed by atoms with Crippen LogP contribution in [0.2, 0.25) is 0 Å². The number of carbonyl (C=O) groups excluding carboxylic acids is 1. The van der Waals surface area contributed by atoms with E-state index in [2.05, 4.69) is 0 Å². The molecule has 0 unspecified atom stereocenters. The van der Waals surface area contributed by atoms with Gasteiger partial charge >= 0.3 is 0 Å². The lowest BCUT2D eigenvalue weighted by Crippen LogP contribution is -2.36. The highest BCUT2D eigenvalue weighted by Gasteiger charge is 2.52. The summed E-state index contributed by atoms with van der Waals surface area (Å²) in [5.41, 5.74) is 1.40. The van der Waals surface area contributed by atoms with Crippen LogP contribution in [0.25, 0.3) is 0 Å². The molecule has 1 aliphatic carbocycles. The van der Waals surface area contributed by atoms with Gasteiger partial charge in [-0.1, -0.05) is 30.3 Å². The van der Waals surface area contributed by atoms with Gasteiger partial charge in [-0.05, 0) is 42.7 Å². The topological polar surface area (TPSA) is 20.3 Å². The van der Waals surface area contributed by atoms with Gasteiger partial charge in [-0.15, -0.1) is 0 Å². The average Bonchev–Trinajstić information content (AvgIpc) is 3.29. The number of likely N-dealkylation sites (N-methyl/N-ethyl adjacent to an activating group) is 1. The largest absolute Gasteiger partial charge is 0.315 e. The molecule has 1 fully saturated rings. The fourth-order valence-electron chi connectivity index (χ4n) is 2.61. The number of hydrogen-bond donors (Lipinski definition) is 0. The number of hydrogen-bond acceptors (Lipinski definition) is 1. The van der Waals surface area contributed by atoms with E-state index >= 15 is 0 Å². The summed E-state index contributed by atoms with van der Waals surface area (Å²) < 4.78 is 13.0. The van der Waals surface area contributed by atoms with Crippen molar-refractivity contribution in [3.63, 3.8) is 0 Å². The molecular weight excluding hydrogens is 253 g/mol. The smallest absolute Gasteiger partial charge is 0.237 e. The zero-order chi connectivity index (χ0) is 14.2. The fraction of sp³-hybridized carbons (Fsp3) is 0.235. The lowest BCUT2D eigenvalue weighted by molar-refractivity contribution is -0.120. The van der Waals surface area contributed by atoms with Gasteiger partial charge in [-0.2, -0.15) is 0 Å². The second kappa shape index (κ2) is 4.75. The molecule has 0 atom stereocenters. The van der Waals surface area contributed by atoms with E-state index in [0.29, 0.717) is 0 Å². The minimum atomic E-state index is -0.385. The SMILES string of the molecule is CN(C(=O)C1(c2ccccc2)CC1)c1ccc(F)cc1. The Balaban J connectivity index is 1.87. The van der Waals surface area contributed by atoms with Gasteiger partial charge in [0.05, 0.1) is 5.41 Å². The van der Waals surface area contributed by atoms with Gasteiger partial charge in [0.1, 0.15) is 5.82 Å². The minimum absolute atomic E-state index is 0.0790. The average molecular weight is 269 g/mol. The number of amides is 1. The molecule has 0 aliphatic heterocycles. The standard InChI is InChI=1S/C17H16FNO/c1-19(15-9-7-14(18)8-10-15)16(20)17(11-12-17)13-5-3-2-4-6-13/h2-10H,11-12H2,1H3. The van der Waals surface area contributed by atoms with Gasteiger partial charge in [0.15, 0.2) is 0 Å². The molecule has 3 heteroatoms. The van der Waals surface area contributed by atoms with Gasteiger partial charge in [-0.3, -0.25) is 4.79 Å². The van der Waals surface area contributed by atoms with Crippen molar-refractivity contribution in [3.05, 3.63) is 66.0 Å². The van der Waals surface area contributed by atoms with Crippen LogP contribution < -0.4 is 4.90 Å². The van der Waals surface area contributed by atoms with Crippen LogP contribution in [0.4, 0.5) is 10.1 Å². The van der Waals surface area contributed by atoms with Crippen LogP contribution >= 0.6 is 0 Å². The molecule has 0 heterocycles. The van der Waals surface area contributed by atoms with Crippen molar-refractivity contribution in [2.75, 3.05) is 11.9 Å². The number of rotatable bonds is 3. The third kappa shape index (κ3) is 2.09. The second-order valence-electron chi connectivity index (χ2n) is 5.29. The molecule has 0 aromatic heterocycles. The van der Waals surface area contributed by atoms with Crippen molar-refractivity contribution in [3.8, 4) is 0 Å². The Morgan fingerprint density at radius 1 is 1.05 bits per heavy atom. The molecule has 20 heavy (non-hydrogen) atoms. The van der Waals surface area contributed by atoms with Crippen LogP contribution in [0.3, 0.4) is 0 Å². The summed E-state index contributed by atoms with van der Waals surface area (Å²) in [7, 11) is 1.75. The highest BCUT2D eigenvalue weighted by molar-refractivity contribution is 6.02. The van der Waals surface area contributed by atoms with Crippen molar-refractivity contribution < 1.29 is 9.18 Å². The monoisotopic (exact) mass is 269 g/mol. The predicted octanol–water partition coefficient (Wildman–Crippen LogP) is 3.52. The summed E-state index contributed by atoms with van der Waals surface area (Å²) in [6.07, 6.45) is 1.75. The first-order chi connectivity index (χ1) is 9.63. The molecule has 0 saturated heterocycles. The van der Waals surface area contributed by atoms with Gasteiger partial charge in [-0.25, -0.2) is 4.39 Å². The van der Waals surface area contributed by atoms with E-state index in [1.54, 1.807) is 24.1 Å². The Morgan fingerprint density at radius 3 is 2.20 bits per heavy atom. The van der Waals surface area contributed by atoms with Gasteiger partial charge in [0.2, 0.25) is 5.91 Å². The zero-order valence-corrected chi connectivity index (χ0v) is 11.3. The summed E-state index contributed by atoms with van der Waals surface area (Å²) in [5.74, 6) is -0.214. The van der Waals surface area contributed by atoms with E-state index in [-0.39, 0.29) is 17.1 Å². The van der Waals surface area contributed by atoms with E-state index in [1.807, 2.05) is 30.3 Å². The molecule has 0 N–H and O–H groups in total. The van der Waals surface area contributed by atoms with Crippen molar-refractivity contribution in [1.29, 1.82) is 0 Å². The Bertz CT molecular complexity index is 617. The van der Waals surface area contributed by atoms with E-state index < -0.39 is 0 Å². The van der Waals surface area contributed by atoms with Gasteiger partial charge in [0, 0.05) is 12.7 Å². The van der Waals surface area contributed by atoms with E-state index in [1.165, 1.54) is 12.1 Å². The number of anilines is 1. The van der Waals surface area contributed by atoms with Crippen LogP contribution in [0.15, 0.2) is 54.6 Å². The van der Waals surface area contributed by atoms with E-state index in [0.717, 1.165) is 24.1 Å². The Labute approximate surface area is 117 Å². The highest BCUT2D eigenvalue weighted by atomic mass is 19.1. The Morgan fingerprint density at radius 2 is 1.65 bits per heavy atom. The lowest BCUT2D eigenvalue weighted by atomic mass is 9.94. The molecule has 2 aromatic rings. The molecular formula is C17H16FNO. The van der Waals surface area contributed by atoms with Gasteiger partial charge in [0.25, 0.3) is 0 Å². The quantitative estimate of drug-likeness (QED) is 0.835. The second-order valence-corrected chi connectivity index (χ2v) is 5.29. The molecule has 0 bridgehead atoms. The molecule has 0 spiro atoms. The lowest BCUT2D eigenvalue weighted by Gasteiger charge is -2.24. The molecule has 2 aromatic carbocycles. The zero-order valence-electron chi connectivity index (χ0n) is 11.3. The summed E-state index contributed by atoms with van der Waals surface area (Å²) in [6, 6.07) is 15.9. The summed E-state index contributed by atoms with van der Waals surface area (Å²) in [6.45, 7) is 0. The first-order valence-corrected chi connectivity index (χ1v) is 6.73. The number of benzene rings is 2. The maximum Gasteiger partial charge on any atom is 0.237 e. The van der Waals surface area contributed by atoms with Crippen molar-refractivity contribution >= 4 is 11.6 Å². The number of halogens is 1. The maximum atomic E-state index is 13.0. The number of carbonyl (C=O) groups is 1. The molecule has 1 aliphatic rings.